The number of ketones is 2. The van der Waals surface area contributed by atoms with Crippen molar-refractivity contribution in [3.05, 3.63) is 52.9 Å². The minimum absolute atomic E-state index is 0.429. The molecule has 1 aromatic carbocycles. The van der Waals surface area contributed by atoms with Crippen LogP contribution in [0.15, 0.2) is 41.5 Å². The summed E-state index contributed by atoms with van der Waals surface area (Å²) in [6, 6.07) is 4.71. The maximum absolute atomic E-state index is 13.8. The molecule has 2 rings (SSSR count). The molecule has 0 saturated heterocycles. The first-order chi connectivity index (χ1) is 9.84. The van der Waals surface area contributed by atoms with Crippen LogP contribution in [0.5, 0.6) is 0 Å². The lowest BCUT2D eigenvalue weighted by Gasteiger charge is -2.15. The average Bonchev–Trinajstić information content (AvgIpc) is 2.40. The molecule has 1 aliphatic carbocycles. The lowest BCUT2D eigenvalue weighted by molar-refractivity contribution is -0.137. The van der Waals surface area contributed by atoms with Crippen molar-refractivity contribution in [2.75, 3.05) is 0 Å². The molecule has 0 aromatic heterocycles. The van der Waals surface area contributed by atoms with Crippen LogP contribution in [-0.2, 0) is 19.2 Å². The van der Waals surface area contributed by atoms with E-state index in [4.69, 9.17) is 10.2 Å². The highest BCUT2D eigenvalue weighted by molar-refractivity contribution is 6.48. The van der Waals surface area contributed by atoms with Gasteiger partial charge in [-0.1, -0.05) is 18.2 Å². The first kappa shape index (κ1) is 14.3. The summed E-state index contributed by atoms with van der Waals surface area (Å²) in [6.45, 7) is 0. The Kier molecular flexibility index (Phi) is 3.49. The Morgan fingerprint density at radius 2 is 1.62 bits per heavy atom. The van der Waals surface area contributed by atoms with Crippen molar-refractivity contribution in [1.29, 1.82) is 0 Å². The zero-order valence-corrected chi connectivity index (χ0v) is 10.3. The van der Waals surface area contributed by atoms with Crippen LogP contribution >= 0.6 is 0 Å². The molecule has 7 heteroatoms. The Morgan fingerprint density at radius 3 is 2.14 bits per heavy atom. The summed E-state index contributed by atoms with van der Waals surface area (Å²) in [7, 11) is 0. The summed E-state index contributed by atoms with van der Waals surface area (Å²) < 4.78 is 13.8. The number of halogens is 1. The number of allylic oxidation sites excluding steroid dienone is 2. The van der Waals surface area contributed by atoms with Crippen LogP contribution in [0.3, 0.4) is 0 Å². The fourth-order valence-corrected chi connectivity index (χ4v) is 1.93. The predicted octanol–water partition coefficient (Wildman–Crippen LogP) is 0.827. The molecule has 1 aromatic rings. The minimum Gasteiger partial charge on any atom is -0.478 e. The summed E-state index contributed by atoms with van der Waals surface area (Å²) in [5.74, 6) is -6.74. The van der Waals surface area contributed by atoms with Gasteiger partial charge in [0, 0.05) is 11.6 Å². The molecule has 0 unspecified atom stereocenters. The predicted molar refractivity (Wildman–Crippen MR) is 66.7 cm³/mol. The monoisotopic (exact) mass is 290 g/mol. The third-order valence-electron chi connectivity index (χ3n) is 2.83. The first-order valence-corrected chi connectivity index (χ1v) is 5.61. The number of aliphatic carboxylic acids is 2. The molecule has 6 nitrogen and oxygen atoms in total. The third-order valence-corrected chi connectivity index (χ3v) is 2.83. The van der Waals surface area contributed by atoms with E-state index in [1.54, 1.807) is 0 Å². The van der Waals surface area contributed by atoms with Crippen LogP contribution in [0.2, 0.25) is 0 Å². The lowest BCUT2D eigenvalue weighted by Crippen LogP contribution is -2.26. The van der Waals surface area contributed by atoms with Gasteiger partial charge in [-0.2, -0.15) is 0 Å². The number of rotatable bonds is 3. The molecule has 0 fully saturated rings. The van der Waals surface area contributed by atoms with Gasteiger partial charge >= 0.3 is 11.9 Å². The van der Waals surface area contributed by atoms with Crippen LogP contribution in [0.25, 0.3) is 5.57 Å². The van der Waals surface area contributed by atoms with E-state index in [9.17, 15) is 23.6 Å². The van der Waals surface area contributed by atoms with E-state index in [2.05, 4.69) is 0 Å². The second-order valence-corrected chi connectivity index (χ2v) is 4.09. The Hall–Kier alpha value is -3.09. The average molecular weight is 290 g/mol. The Labute approximate surface area is 116 Å². The number of benzene rings is 1. The van der Waals surface area contributed by atoms with Crippen LogP contribution in [0.1, 0.15) is 5.56 Å². The van der Waals surface area contributed by atoms with Crippen LogP contribution in [0, 0.1) is 5.82 Å². The molecular weight excluding hydrogens is 283 g/mol. The van der Waals surface area contributed by atoms with Gasteiger partial charge in [-0.05, 0) is 6.07 Å². The molecule has 0 atom stereocenters. The highest BCUT2D eigenvalue weighted by Crippen LogP contribution is 2.30. The maximum atomic E-state index is 13.8. The molecule has 21 heavy (non-hydrogen) atoms. The zero-order chi connectivity index (χ0) is 15.7. The largest absolute Gasteiger partial charge is 0.478 e. The van der Waals surface area contributed by atoms with Crippen molar-refractivity contribution in [3.8, 4) is 0 Å². The van der Waals surface area contributed by atoms with Crippen LogP contribution in [-0.4, -0.2) is 33.7 Å². The summed E-state index contributed by atoms with van der Waals surface area (Å²) >= 11 is 0. The molecule has 2 N–H and O–H groups in total. The van der Waals surface area contributed by atoms with Gasteiger partial charge in [0.25, 0.3) is 0 Å². The highest BCUT2D eigenvalue weighted by Gasteiger charge is 2.36. The van der Waals surface area contributed by atoms with Gasteiger partial charge in [0.05, 0.1) is 5.57 Å². The number of hydrogen-bond acceptors (Lipinski definition) is 4. The second kappa shape index (κ2) is 5.12. The van der Waals surface area contributed by atoms with Gasteiger partial charge in [0.1, 0.15) is 17.0 Å². The molecule has 1 aliphatic rings. The van der Waals surface area contributed by atoms with Gasteiger partial charge in [0.15, 0.2) is 5.78 Å². The van der Waals surface area contributed by atoms with E-state index in [1.165, 1.54) is 12.1 Å². The third kappa shape index (κ3) is 2.36. The SMILES string of the molecule is O=C(O)C1=CC(=O)C(C(=O)O)=C(c2ccccc2F)C1=O. The van der Waals surface area contributed by atoms with Crippen molar-refractivity contribution < 1.29 is 33.8 Å². The number of carboxylic acids is 2. The second-order valence-electron chi connectivity index (χ2n) is 4.09. The number of hydrogen-bond donors (Lipinski definition) is 2. The van der Waals surface area contributed by atoms with Crippen molar-refractivity contribution in [2.24, 2.45) is 0 Å². The standard InChI is InChI=1S/C14H7FO6/c15-8-4-2-1-3-6(8)10-11(14(20)21)9(16)5-7(12(10)17)13(18)19/h1-5H,(H,18,19)(H,20,21). The molecule has 106 valence electrons. The van der Waals surface area contributed by atoms with Gasteiger partial charge in [-0.3, -0.25) is 9.59 Å². The van der Waals surface area contributed by atoms with E-state index >= 15 is 0 Å². The molecule has 0 aliphatic heterocycles. The van der Waals surface area contributed by atoms with Gasteiger partial charge in [0.2, 0.25) is 5.78 Å². The quantitative estimate of drug-likeness (QED) is 0.630. The van der Waals surface area contributed by atoms with E-state index in [1.807, 2.05) is 0 Å². The van der Waals surface area contributed by atoms with Crippen molar-refractivity contribution in [3.63, 3.8) is 0 Å². The summed E-state index contributed by atoms with van der Waals surface area (Å²) in [4.78, 5) is 45.9. The van der Waals surface area contributed by atoms with Crippen LogP contribution in [0.4, 0.5) is 4.39 Å². The fraction of sp³-hybridized carbons (Fsp3) is 0. The first-order valence-electron chi connectivity index (χ1n) is 5.61. The topological polar surface area (TPSA) is 109 Å². The van der Waals surface area contributed by atoms with E-state index < -0.39 is 51.6 Å². The number of carbonyl (C=O) groups excluding carboxylic acids is 2. The fourth-order valence-electron chi connectivity index (χ4n) is 1.93. The summed E-state index contributed by atoms with van der Waals surface area (Å²) in [5.41, 5.74) is -3.04. The number of carbonyl (C=O) groups is 4. The lowest BCUT2D eigenvalue weighted by atomic mass is 9.85. The maximum Gasteiger partial charge on any atom is 0.340 e. The highest BCUT2D eigenvalue weighted by atomic mass is 19.1. The zero-order valence-electron chi connectivity index (χ0n) is 10.3. The Balaban J connectivity index is 2.78. The van der Waals surface area contributed by atoms with Crippen LogP contribution < -0.4 is 0 Å². The molecular formula is C14H7FO6. The number of carboxylic acid groups (broad SMARTS) is 2. The number of Topliss-reactive ketones (excluding diaryl/α,β-unsaturated/α-hetero) is 1. The molecule has 0 radical (unpaired) electrons. The Bertz CT molecular complexity index is 756. The molecule has 0 bridgehead atoms. The smallest absolute Gasteiger partial charge is 0.340 e. The van der Waals surface area contributed by atoms with Crippen molar-refractivity contribution in [1.82, 2.24) is 0 Å². The summed E-state index contributed by atoms with van der Waals surface area (Å²) in [6.07, 6.45) is 0.429. The molecule has 0 saturated carbocycles. The Morgan fingerprint density at radius 1 is 1.00 bits per heavy atom. The van der Waals surface area contributed by atoms with Crippen molar-refractivity contribution in [2.45, 2.75) is 0 Å². The van der Waals surface area contributed by atoms with E-state index in [0.29, 0.717) is 6.08 Å². The minimum atomic E-state index is -1.73. The molecule has 0 spiro atoms. The van der Waals surface area contributed by atoms with E-state index in [-0.39, 0.29) is 0 Å². The van der Waals surface area contributed by atoms with Gasteiger partial charge in [-0.25, -0.2) is 14.0 Å². The van der Waals surface area contributed by atoms with Gasteiger partial charge in [-0.15, -0.1) is 0 Å². The van der Waals surface area contributed by atoms with E-state index in [0.717, 1.165) is 12.1 Å². The molecule has 0 amide bonds. The normalized spacial score (nSPS) is 15.0. The van der Waals surface area contributed by atoms with Gasteiger partial charge < -0.3 is 10.2 Å². The molecule has 0 heterocycles. The summed E-state index contributed by atoms with van der Waals surface area (Å²) in [5, 5.41) is 17.9. The van der Waals surface area contributed by atoms with Crippen molar-refractivity contribution >= 4 is 29.1 Å².